The predicted molar refractivity (Wildman–Crippen MR) is 86.3 cm³/mol. The molecule has 3 rings (SSSR count). The Balaban J connectivity index is 2.17. The van der Waals surface area contributed by atoms with Crippen molar-refractivity contribution in [1.82, 2.24) is 4.90 Å². The summed E-state index contributed by atoms with van der Waals surface area (Å²) in [6.07, 6.45) is -8.52. The van der Waals surface area contributed by atoms with Gasteiger partial charge in [0.05, 0.1) is 6.04 Å². The van der Waals surface area contributed by atoms with Gasteiger partial charge in [-0.3, -0.25) is 4.79 Å². The summed E-state index contributed by atoms with van der Waals surface area (Å²) in [7, 11) is 0. The van der Waals surface area contributed by atoms with E-state index in [0.717, 1.165) is 4.90 Å². The van der Waals surface area contributed by atoms with Gasteiger partial charge in [0.2, 0.25) is 5.91 Å². The van der Waals surface area contributed by atoms with Gasteiger partial charge in [-0.15, -0.1) is 0 Å². The Hall–Kier alpha value is -2.18. The van der Waals surface area contributed by atoms with E-state index in [9.17, 15) is 49.4 Å². The van der Waals surface area contributed by atoms with Crippen molar-refractivity contribution in [1.29, 1.82) is 0 Å². The molecular weight excluding hydrogens is 449 g/mol. The fourth-order valence-corrected chi connectivity index (χ4v) is 3.71. The molecule has 31 heavy (non-hydrogen) atoms. The number of aliphatic hydroxyl groups excluding tert-OH is 1. The summed E-state index contributed by atoms with van der Waals surface area (Å²) in [6.45, 7) is -3.24. The number of carbonyl (C=O) groups is 1. The number of aliphatic hydroxyl groups is 1. The zero-order valence-corrected chi connectivity index (χ0v) is 15.5. The number of alkyl halides is 9. The van der Waals surface area contributed by atoms with E-state index >= 15 is 0 Å². The lowest BCUT2D eigenvalue weighted by atomic mass is 9.83. The number of likely N-dealkylation sites (tertiary alicyclic amines) is 1. The predicted octanol–water partition coefficient (Wildman–Crippen LogP) is 4.07. The molecule has 1 fully saturated rings. The third kappa shape index (κ3) is 3.40. The minimum absolute atomic E-state index is 0.0420. The molecule has 1 aromatic carbocycles. The molecular formula is C18H16F9NO3. The Morgan fingerprint density at radius 2 is 1.71 bits per heavy atom. The molecule has 1 saturated heterocycles. The molecule has 2 aliphatic rings. The largest absolute Gasteiger partial charge is 0.479 e. The molecule has 1 N–H and O–H groups in total. The first-order valence-electron chi connectivity index (χ1n) is 8.99. The molecule has 0 spiro atoms. The van der Waals surface area contributed by atoms with Gasteiger partial charge in [0, 0.05) is 24.1 Å². The fourth-order valence-electron chi connectivity index (χ4n) is 3.71. The number of rotatable bonds is 5. The Bertz CT molecular complexity index is 854. The normalized spacial score (nSPS) is 24.2. The number of amides is 1. The van der Waals surface area contributed by atoms with Crippen molar-refractivity contribution in [2.24, 2.45) is 0 Å². The third-order valence-corrected chi connectivity index (χ3v) is 5.49. The maximum Gasteiger partial charge on any atom is 0.460 e. The third-order valence-electron chi connectivity index (χ3n) is 5.49. The van der Waals surface area contributed by atoms with Crippen molar-refractivity contribution in [3.63, 3.8) is 0 Å². The SMILES string of the molecule is O=C1CCCN1[C@H]1c2cc(C(F)(F)C(F)(F)C(F)(F)F)ccc2OC(CF)(CF)[C@@H]1O. The molecule has 2 heterocycles. The molecule has 2 aliphatic heterocycles. The lowest BCUT2D eigenvalue weighted by Crippen LogP contribution is -2.60. The van der Waals surface area contributed by atoms with Crippen molar-refractivity contribution in [2.45, 2.75) is 48.6 Å². The second-order valence-electron chi connectivity index (χ2n) is 7.41. The van der Waals surface area contributed by atoms with E-state index in [4.69, 9.17) is 4.74 Å². The molecule has 0 aromatic heterocycles. The second-order valence-corrected chi connectivity index (χ2v) is 7.41. The molecule has 1 aromatic rings. The van der Waals surface area contributed by atoms with Crippen LogP contribution in [-0.2, 0) is 10.7 Å². The lowest BCUT2D eigenvalue weighted by Gasteiger charge is -2.46. The molecule has 174 valence electrons. The number of benzene rings is 1. The van der Waals surface area contributed by atoms with E-state index in [-0.39, 0.29) is 31.5 Å². The number of hydrogen-bond acceptors (Lipinski definition) is 3. The highest BCUT2D eigenvalue weighted by molar-refractivity contribution is 5.79. The van der Waals surface area contributed by atoms with E-state index in [2.05, 4.69) is 0 Å². The maximum atomic E-state index is 14.2. The molecule has 0 bridgehead atoms. The summed E-state index contributed by atoms with van der Waals surface area (Å²) in [5.41, 5.74) is -4.84. The van der Waals surface area contributed by atoms with E-state index in [1.807, 2.05) is 0 Å². The Morgan fingerprint density at radius 3 is 2.19 bits per heavy atom. The molecule has 0 saturated carbocycles. The molecule has 4 nitrogen and oxygen atoms in total. The highest BCUT2D eigenvalue weighted by Gasteiger charge is 2.73. The van der Waals surface area contributed by atoms with Gasteiger partial charge < -0.3 is 14.7 Å². The van der Waals surface area contributed by atoms with Crippen molar-refractivity contribution >= 4 is 5.91 Å². The van der Waals surface area contributed by atoms with Crippen LogP contribution in [0, 0.1) is 0 Å². The number of carbonyl (C=O) groups excluding carboxylic acids is 1. The van der Waals surface area contributed by atoms with Gasteiger partial charge in [0.25, 0.3) is 0 Å². The first kappa shape index (κ1) is 23.5. The molecule has 13 heteroatoms. The highest BCUT2D eigenvalue weighted by Crippen LogP contribution is 2.53. The van der Waals surface area contributed by atoms with Crippen molar-refractivity contribution < 1.29 is 54.2 Å². The quantitative estimate of drug-likeness (QED) is 0.668. The molecule has 0 unspecified atom stereocenters. The molecule has 2 atom stereocenters. The molecule has 0 aliphatic carbocycles. The summed E-state index contributed by atoms with van der Waals surface area (Å²) in [5, 5.41) is 10.6. The smallest absolute Gasteiger partial charge is 0.460 e. The summed E-state index contributed by atoms with van der Waals surface area (Å²) in [6, 6.07) is -0.694. The van der Waals surface area contributed by atoms with Crippen LogP contribution < -0.4 is 4.74 Å². The number of nitrogens with zero attached hydrogens (tertiary/aromatic N) is 1. The summed E-state index contributed by atoms with van der Waals surface area (Å²) < 4.78 is 125. The van der Waals surface area contributed by atoms with Crippen LogP contribution in [0.5, 0.6) is 5.75 Å². The Labute approximate surface area is 169 Å². The van der Waals surface area contributed by atoms with Gasteiger partial charge in [-0.1, -0.05) is 0 Å². The monoisotopic (exact) mass is 465 g/mol. The van der Waals surface area contributed by atoms with E-state index in [1.165, 1.54) is 0 Å². The Morgan fingerprint density at radius 1 is 1.10 bits per heavy atom. The van der Waals surface area contributed by atoms with Gasteiger partial charge >= 0.3 is 18.0 Å². The van der Waals surface area contributed by atoms with E-state index in [0.29, 0.717) is 6.07 Å². The van der Waals surface area contributed by atoms with Gasteiger partial charge in [-0.05, 0) is 24.6 Å². The molecule has 1 amide bonds. The number of halogens is 9. The standard InChI is InChI=1S/C18H16F9NO3/c19-7-15(8-20)14(30)13(28-5-1-2-12(28)29)10-6-9(3-4-11(10)31-15)16(21,22)17(23,24)18(25,26)27/h3-4,6,13-14,30H,1-2,5,7-8H2/t13-,14+/m0/s1. The molecule has 0 radical (unpaired) electrons. The van der Waals surface area contributed by atoms with Crippen LogP contribution in [0.4, 0.5) is 39.5 Å². The zero-order valence-electron chi connectivity index (χ0n) is 15.5. The van der Waals surface area contributed by atoms with Crippen LogP contribution in [-0.4, -0.2) is 59.6 Å². The van der Waals surface area contributed by atoms with Crippen LogP contribution in [0.3, 0.4) is 0 Å². The van der Waals surface area contributed by atoms with Crippen LogP contribution >= 0.6 is 0 Å². The van der Waals surface area contributed by atoms with Crippen molar-refractivity contribution in [2.75, 3.05) is 19.9 Å². The van der Waals surface area contributed by atoms with Crippen LogP contribution in [0.2, 0.25) is 0 Å². The topological polar surface area (TPSA) is 49.8 Å². The van der Waals surface area contributed by atoms with Gasteiger partial charge in [0.15, 0.2) is 5.60 Å². The minimum atomic E-state index is -6.58. The number of ether oxygens (including phenoxy) is 1. The van der Waals surface area contributed by atoms with E-state index in [1.54, 1.807) is 0 Å². The van der Waals surface area contributed by atoms with Gasteiger partial charge in [0.1, 0.15) is 25.2 Å². The fraction of sp³-hybridized carbons (Fsp3) is 0.611. The first-order valence-corrected chi connectivity index (χ1v) is 8.99. The van der Waals surface area contributed by atoms with Gasteiger partial charge in [-0.25, -0.2) is 8.78 Å². The summed E-state index contributed by atoms with van der Waals surface area (Å²) in [4.78, 5) is 13.1. The van der Waals surface area contributed by atoms with Gasteiger partial charge in [-0.2, -0.15) is 30.7 Å². The summed E-state index contributed by atoms with van der Waals surface area (Å²) >= 11 is 0. The Kier molecular flexibility index (Phi) is 5.64. The van der Waals surface area contributed by atoms with Crippen molar-refractivity contribution in [3.8, 4) is 5.75 Å². The maximum absolute atomic E-state index is 14.2. The van der Waals surface area contributed by atoms with Crippen molar-refractivity contribution in [3.05, 3.63) is 29.3 Å². The average molecular weight is 465 g/mol. The van der Waals surface area contributed by atoms with Crippen LogP contribution in [0.1, 0.15) is 30.0 Å². The lowest BCUT2D eigenvalue weighted by molar-refractivity contribution is -0.359. The first-order chi connectivity index (χ1) is 14.2. The summed E-state index contributed by atoms with van der Waals surface area (Å²) in [5.74, 6) is -13.3. The zero-order chi connectivity index (χ0) is 23.4. The minimum Gasteiger partial charge on any atom is -0.479 e. The highest BCUT2D eigenvalue weighted by atomic mass is 19.4. The van der Waals surface area contributed by atoms with E-state index < -0.39 is 71.9 Å². The average Bonchev–Trinajstić information content (AvgIpc) is 3.11. The second kappa shape index (κ2) is 7.45. The number of fused-ring (bicyclic) bond motifs is 1. The van der Waals surface area contributed by atoms with Crippen LogP contribution in [0.25, 0.3) is 0 Å². The van der Waals surface area contributed by atoms with Crippen LogP contribution in [0.15, 0.2) is 18.2 Å². The number of hydrogen-bond donors (Lipinski definition) is 1.